The number of aromatic nitrogens is 2. The van der Waals surface area contributed by atoms with Crippen LogP contribution in [0.4, 0.5) is 0 Å². The van der Waals surface area contributed by atoms with E-state index in [0.29, 0.717) is 18.9 Å². The van der Waals surface area contributed by atoms with E-state index < -0.39 is 0 Å². The molecule has 2 aliphatic heterocycles. The highest BCUT2D eigenvalue weighted by Crippen LogP contribution is 2.37. The maximum absolute atomic E-state index is 11.4. The Morgan fingerprint density at radius 3 is 2.95 bits per heavy atom. The number of aldehydes is 1. The van der Waals surface area contributed by atoms with Gasteiger partial charge in [0.15, 0.2) is 22.9 Å². The van der Waals surface area contributed by atoms with Gasteiger partial charge in [-0.25, -0.2) is 4.98 Å². The first-order valence-electron chi connectivity index (χ1n) is 6.95. The lowest BCUT2D eigenvalue weighted by Gasteiger charge is -2.09. The number of carbonyl (C=O) groups excluding carboxylic acids is 1. The molecule has 3 heterocycles. The molecule has 0 amide bonds. The minimum atomic E-state index is 0.643. The fourth-order valence-corrected chi connectivity index (χ4v) is 3.60. The minimum absolute atomic E-state index is 0.643. The molecule has 0 saturated carbocycles. The topological polar surface area (TPSA) is 53.4 Å². The van der Waals surface area contributed by atoms with Crippen LogP contribution in [-0.2, 0) is 6.54 Å². The van der Waals surface area contributed by atoms with E-state index in [1.165, 1.54) is 0 Å². The Bertz CT molecular complexity index is 711. The highest BCUT2D eigenvalue weighted by molar-refractivity contribution is 7.99. The maximum atomic E-state index is 11.4. The molecule has 108 valence electrons. The van der Waals surface area contributed by atoms with Gasteiger partial charge in [-0.05, 0) is 18.2 Å². The molecule has 21 heavy (non-hydrogen) atoms. The van der Waals surface area contributed by atoms with Gasteiger partial charge in [-0.1, -0.05) is 11.8 Å². The highest BCUT2D eigenvalue weighted by Gasteiger charge is 2.23. The molecule has 5 nitrogen and oxygen atoms in total. The molecule has 1 aromatic carbocycles. The molecular weight excluding hydrogens is 288 g/mol. The molecule has 0 fully saturated rings. The third-order valence-corrected chi connectivity index (χ3v) is 4.61. The van der Waals surface area contributed by atoms with Gasteiger partial charge in [0.2, 0.25) is 0 Å². The summed E-state index contributed by atoms with van der Waals surface area (Å²) in [6, 6.07) is 5.74. The molecule has 0 spiro atoms. The Kier molecular flexibility index (Phi) is 3.11. The normalized spacial score (nSPS) is 16.4. The molecular formula is C15H14N2O3S. The lowest BCUT2D eigenvalue weighted by atomic mass is 10.1. The van der Waals surface area contributed by atoms with Gasteiger partial charge in [-0.15, -0.1) is 0 Å². The monoisotopic (exact) mass is 302 g/mol. The Balaban J connectivity index is 1.80. The average molecular weight is 302 g/mol. The van der Waals surface area contributed by atoms with Crippen molar-refractivity contribution in [3.8, 4) is 22.8 Å². The second kappa shape index (κ2) is 5.11. The van der Waals surface area contributed by atoms with Crippen LogP contribution in [0.1, 0.15) is 16.9 Å². The summed E-state index contributed by atoms with van der Waals surface area (Å²) in [7, 11) is 0. The van der Waals surface area contributed by atoms with Crippen LogP contribution >= 0.6 is 11.8 Å². The van der Waals surface area contributed by atoms with E-state index in [1.807, 2.05) is 22.8 Å². The molecule has 0 radical (unpaired) electrons. The Morgan fingerprint density at radius 2 is 2.10 bits per heavy atom. The zero-order chi connectivity index (χ0) is 14.2. The third-order valence-electron chi connectivity index (χ3n) is 3.65. The van der Waals surface area contributed by atoms with E-state index in [4.69, 9.17) is 9.47 Å². The molecule has 0 saturated heterocycles. The van der Waals surface area contributed by atoms with E-state index in [-0.39, 0.29) is 0 Å². The van der Waals surface area contributed by atoms with E-state index in [1.54, 1.807) is 11.8 Å². The number of benzene rings is 1. The minimum Gasteiger partial charge on any atom is -0.490 e. The van der Waals surface area contributed by atoms with Crippen molar-refractivity contribution in [1.82, 2.24) is 9.55 Å². The Morgan fingerprint density at radius 1 is 1.24 bits per heavy atom. The van der Waals surface area contributed by atoms with Crippen molar-refractivity contribution in [3.63, 3.8) is 0 Å². The summed E-state index contributed by atoms with van der Waals surface area (Å²) in [5.74, 6) is 2.46. The molecule has 0 N–H and O–H groups in total. The number of thioether (sulfide) groups is 1. The first-order valence-corrected chi connectivity index (χ1v) is 7.94. The van der Waals surface area contributed by atoms with Gasteiger partial charge in [-0.2, -0.15) is 0 Å². The van der Waals surface area contributed by atoms with Crippen molar-refractivity contribution in [3.05, 3.63) is 23.9 Å². The Hall–Kier alpha value is -1.95. The van der Waals surface area contributed by atoms with E-state index in [2.05, 4.69) is 4.98 Å². The van der Waals surface area contributed by atoms with Gasteiger partial charge >= 0.3 is 0 Å². The van der Waals surface area contributed by atoms with Crippen molar-refractivity contribution in [2.45, 2.75) is 18.1 Å². The molecule has 2 aliphatic rings. The van der Waals surface area contributed by atoms with Gasteiger partial charge in [0.1, 0.15) is 11.4 Å². The van der Waals surface area contributed by atoms with Gasteiger partial charge < -0.3 is 14.0 Å². The van der Waals surface area contributed by atoms with E-state index >= 15 is 0 Å². The van der Waals surface area contributed by atoms with Crippen LogP contribution in [0, 0.1) is 0 Å². The van der Waals surface area contributed by atoms with Crippen molar-refractivity contribution < 1.29 is 14.3 Å². The summed E-state index contributed by atoms with van der Waals surface area (Å²) in [4.78, 5) is 16.0. The lowest BCUT2D eigenvalue weighted by Crippen LogP contribution is -2.00. The second-order valence-corrected chi connectivity index (χ2v) is 6.02. The first-order chi connectivity index (χ1) is 10.4. The zero-order valence-electron chi connectivity index (χ0n) is 11.4. The molecule has 6 heteroatoms. The van der Waals surface area contributed by atoms with E-state index in [9.17, 15) is 4.79 Å². The summed E-state index contributed by atoms with van der Waals surface area (Å²) < 4.78 is 13.3. The molecule has 1 aromatic heterocycles. The number of hydrogen-bond acceptors (Lipinski definition) is 5. The predicted molar refractivity (Wildman–Crippen MR) is 79.4 cm³/mol. The summed E-state index contributed by atoms with van der Waals surface area (Å²) in [5, 5.41) is 0.916. The van der Waals surface area contributed by atoms with Crippen molar-refractivity contribution in [1.29, 1.82) is 0 Å². The fraction of sp³-hybridized carbons (Fsp3) is 0.333. The van der Waals surface area contributed by atoms with Crippen LogP contribution in [0.25, 0.3) is 11.3 Å². The molecule has 0 bridgehead atoms. The van der Waals surface area contributed by atoms with Gasteiger partial charge in [0.05, 0.1) is 13.2 Å². The van der Waals surface area contributed by atoms with E-state index in [0.717, 1.165) is 52.9 Å². The fourth-order valence-electron chi connectivity index (χ4n) is 2.64. The standard InChI is InChI=1S/C15H14N2O3S/c18-9-11-14(16-15-17(11)4-7-21-15)10-2-3-12-13(8-10)20-6-1-5-19-12/h2-3,8-9H,1,4-7H2. The number of imidazole rings is 1. The highest BCUT2D eigenvalue weighted by atomic mass is 32.2. The molecule has 0 aliphatic carbocycles. The van der Waals surface area contributed by atoms with Gasteiger partial charge in [0, 0.05) is 24.3 Å². The largest absolute Gasteiger partial charge is 0.490 e. The smallest absolute Gasteiger partial charge is 0.169 e. The van der Waals surface area contributed by atoms with Crippen molar-refractivity contribution >= 4 is 18.0 Å². The van der Waals surface area contributed by atoms with Crippen LogP contribution in [0.3, 0.4) is 0 Å². The van der Waals surface area contributed by atoms with Crippen LogP contribution in [0.2, 0.25) is 0 Å². The number of nitrogens with zero attached hydrogens (tertiary/aromatic N) is 2. The van der Waals surface area contributed by atoms with Crippen LogP contribution < -0.4 is 9.47 Å². The van der Waals surface area contributed by atoms with Crippen LogP contribution in [0.15, 0.2) is 23.4 Å². The average Bonchev–Trinajstić information content (AvgIpc) is 3.00. The molecule has 0 unspecified atom stereocenters. The number of carbonyl (C=O) groups is 1. The predicted octanol–water partition coefficient (Wildman–Crippen LogP) is 2.63. The summed E-state index contributed by atoms with van der Waals surface area (Å²) in [6.07, 6.45) is 1.76. The van der Waals surface area contributed by atoms with Crippen LogP contribution in [0.5, 0.6) is 11.5 Å². The second-order valence-electron chi connectivity index (χ2n) is 4.96. The summed E-state index contributed by atoms with van der Waals surface area (Å²) >= 11 is 1.68. The molecule has 0 atom stereocenters. The van der Waals surface area contributed by atoms with Crippen molar-refractivity contribution in [2.24, 2.45) is 0 Å². The van der Waals surface area contributed by atoms with Gasteiger partial charge in [0.25, 0.3) is 0 Å². The maximum Gasteiger partial charge on any atom is 0.169 e. The number of fused-ring (bicyclic) bond motifs is 2. The van der Waals surface area contributed by atoms with Crippen molar-refractivity contribution in [2.75, 3.05) is 19.0 Å². The number of ether oxygens (including phenoxy) is 2. The number of rotatable bonds is 2. The Labute approximate surface area is 126 Å². The zero-order valence-corrected chi connectivity index (χ0v) is 12.2. The quantitative estimate of drug-likeness (QED) is 0.798. The third kappa shape index (κ3) is 2.10. The first kappa shape index (κ1) is 12.8. The lowest BCUT2D eigenvalue weighted by molar-refractivity contribution is 0.111. The molecule has 4 rings (SSSR count). The number of hydrogen-bond donors (Lipinski definition) is 0. The van der Waals surface area contributed by atoms with Crippen LogP contribution in [-0.4, -0.2) is 34.8 Å². The van der Waals surface area contributed by atoms with Gasteiger partial charge in [-0.3, -0.25) is 4.79 Å². The summed E-state index contributed by atoms with van der Waals surface area (Å²) in [5.41, 5.74) is 2.26. The SMILES string of the molecule is O=Cc1c(-c2ccc3c(c2)OCCCO3)nc2n1CCS2. The summed E-state index contributed by atoms with van der Waals surface area (Å²) in [6.45, 7) is 2.15. The molecule has 2 aromatic rings.